The number of carbonyl (C=O) groups is 1. The van der Waals surface area contributed by atoms with E-state index in [1.807, 2.05) is 24.3 Å². The van der Waals surface area contributed by atoms with Gasteiger partial charge in [0.25, 0.3) is 0 Å². The molecular weight excluding hydrogens is 542 g/mol. The molecular formula is C24H28BrNO8S. The first-order chi connectivity index (χ1) is 16.5. The highest BCUT2D eigenvalue weighted by Gasteiger charge is 2.56. The second-order valence-electron chi connectivity index (χ2n) is 8.94. The molecule has 0 unspecified atom stereocenters. The third-order valence-corrected chi connectivity index (χ3v) is 8.45. The van der Waals surface area contributed by atoms with Crippen LogP contribution in [0.3, 0.4) is 0 Å². The van der Waals surface area contributed by atoms with Gasteiger partial charge in [-0.05, 0) is 55.8 Å². The van der Waals surface area contributed by atoms with Crippen LogP contribution in [0.1, 0.15) is 25.8 Å². The molecule has 0 aromatic heterocycles. The van der Waals surface area contributed by atoms with Gasteiger partial charge in [0.2, 0.25) is 10.0 Å². The summed E-state index contributed by atoms with van der Waals surface area (Å²) >= 11 is 3.39. The van der Waals surface area contributed by atoms with E-state index in [0.29, 0.717) is 12.4 Å². The van der Waals surface area contributed by atoms with Gasteiger partial charge in [0.15, 0.2) is 5.79 Å². The maximum absolute atomic E-state index is 13.6. The number of benzene rings is 2. The van der Waals surface area contributed by atoms with E-state index in [9.17, 15) is 18.3 Å². The molecule has 2 aliphatic rings. The van der Waals surface area contributed by atoms with E-state index < -0.39 is 46.1 Å². The van der Waals surface area contributed by atoms with Crippen molar-refractivity contribution in [3.63, 3.8) is 0 Å². The summed E-state index contributed by atoms with van der Waals surface area (Å²) in [6.45, 7) is 3.44. The van der Waals surface area contributed by atoms with Crippen molar-refractivity contribution in [2.45, 2.75) is 61.9 Å². The molecule has 4 rings (SSSR count). The van der Waals surface area contributed by atoms with Crippen LogP contribution >= 0.6 is 15.9 Å². The maximum atomic E-state index is 13.6. The molecule has 1 N–H and O–H groups in total. The van der Waals surface area contributed by atoms with Crippen LogP contribution in [0.4, 0.5) is 0 Å². The molecule has 9 nitrogen and oxygen atoms in total. The fourth-order valence-corrected chi connectivity index (χ4v) is 6.25. The van der Waals surface area contributed by atoms with E-state index >= 15 is 0 Å². The number of hydrogen-bond acceptors (Lipinski definition) is 8. The third-order valence-electron chi connectivity index (χ3n) is 6.01. The summed E-state index contributed by atoms with van der Waals surface area (Å²) in [5.41, 5.74) is 0.967. The number of rotatable bonds is 7. The molecule has 2 aromatic carbocycles. The van der Waals surface area contributed by atoms with Gasteiger partial charge in [-0.1, -0.05) is 28.1 Å². The number of halogens is 1. The van der Waals surface area contributed by atoms with Crippen LogP contribution < -0.4 is 4.74 Å². The van der Waals surface area contributed by atoms with Crippen LogP contribution in [0.15, 0.2) is 57.9 Å². The quantitative estimate of drug-likeness (QED) is 0.506. The summed E-state index contributed by atoms with van der Waals surface area (Å²) in [4.78, 5) is 12.2. The van der Waals surface area contributed by atoms with Crippen LogP contribution in [-0.2, 0) is 35.6 Å². The third kappa shape index (κ3) is 5.71. The van der Waals surface area contributed by atoms with Crippen LogP contribution in [0.2, 0.25) is 0 Å². The molecule has 35 heavy (non-hydrogen) atoms. The number of fused-ring (bicyclic) bond motifs is 1. The Morgan fingerprint density at radius 3 is 2.37 bits per heavy atom. The number of ether oxygens (including phenoxy) is 4. The van der Waals surface area contributed by atoms with Crippen LogP contribution in [0.25, 0.3) is 0 Å². The van der Waals surface area contributed by atoms with E-state index in [-0.39, 0.29) is 17.9 Å². The normalized spacial score (nSPS) is 26.2. The van der Waals surface area contributed by atoms with E-state index in [0.717, 1.165) is 14.3 Å². The van der Waals surface area contributed by atoms with Crippen molar-refractivity contribution in [2.75, 3.05) is 13.7 Å². The molecule has 2 aliphatic heterocycles. The van der Waals surface area contributed by atoms with E-state index in [4.69, 9.17) is 18.9 Å². The number of carbonyl (C=O) groups excluding carboxylic acids is 1. The van der Waals surface area contributed by atoms with Gasteiger partial charge in [-0.25, -0.2) is 8.42 Å². The maximum Gasteiger partial charge on any atom is 0.307 e. The molecule has 0 aliphatic carbocycles. The summed E-state index contributed by atoms with van der Waals surface area (Å²) in [6, 6.07) is 12.8. The molecule has 11 heteroatoms. The Hall–Kier alpha value is -2.02. The van der Waals surface area contributed by atoms with Gasteiger partial charge < -0.3 is 24.1 Å². The van der Waals surface area contributed by atoms with Crippen molar-refractivity contribution in [1.29, 1.82) is 0 Å². The van der Waals surface area contributed by atoms with E-state index in [1.165, 1.54) is 19.2 Å². The number of hydrogen-bond donors (Lipinski definition) is 1. The number of aliphatic hydroxyl groups excluding tert-OH is 1. The van der Waals surface area contributed by atoms with Crippen LogP contribution in [0.5, 0.6) is 5.75 Å². The zero-order chi connectivity index (χ0) is 25.4. The predicted molar refractivity (Wildman–Crippen MR) is 129 cm³/mol. The van der Waals surface area contributed by atoms with Crippen molar-refractivity contribution in [3.8, 4) is 5.75 Å². The number of β-amino-alcohol motifs (C(OH)–C–C–N with tert-alkyl or cyclic N) is 1. The highest BCUT2D eigenvalue weighted by Crippen LogP contribution is 2.39. The number of sulfonamides is 1. The Labute approximate surface area is 213 Å². The number of methoxy groups -OCH3 is 1. The van der Waals surface area contributed by atoms with Crippen molar-refractivity contribution >= 4 is 31.9 Å². The largest absolute Gasteiger partial charge is 0.489 e. The van der Waals surface area contributed by atoms with Gasteiger partial charge in [0.05, 0.1) is 30.6 Å². The lowest BCUT2D eigenvalue weighted by molar-refractivity contribution is -0.154. The number of esters is 1. The van der Waals surface area contributed by atoms with Gasteiger partial charge in [-0.2, -0.15) is 4.31 Å². The number of aliphatic hydroxyl groups is 1. The van der Waals surface area contributed by atoms with Gasteiger partial charge in [0.1, 0.15) is 24.6 Å². The highest BCUT2D eigenvalue weighted by molar-refractivity contribution is 9.10. The average molecular weight is 570 g/mol. The Kier molecular flexibility index (Phi) is 7.56. The molecule has 190 valence electrons. The fourth-order valence-electron chi connectivity index (χ4n) is 4.34. The molecule has 2 heterocycles. The minimum absolute atomic E-state index is 0.00665. The van der Waals surface area contributed by atoms with Gasteiger partial charge in [0, 0.05) is 11.0 Å². The first-order valence-corrected chi connectivity index (χ1v) is 13.3. The lowest BCUT2D eigenvalue weighted by Crippen LogP contribution is -2.62. The second kappa shape index (κ2) is 10.2. The Morgan fingerprint density at radius 2 is 1.74 bits per heavy atom. The first kappa shape index (κ1) is 26.1. The fraction of sp³-hybridized carbons (Fsp3) is 0.458. The smallest absolute Gasteiger partial charge is 0.307 e. The Morgan fingerprint density at radius 1 is 1.11 bits per heavy atom. The van der Waals surface area contributed by atoms with Crippen molar-refractivity contribution in [3.05, 3.63) is 58.6 Å². The summed E-state index contributed by atoms with van der Waals surface area (Å²) in [6.07, 6.45) is -2.96. The second-order valence-corrected chi connectivity index (χ2v) is 11.7. The molecule has 0 radical (unpaired) electrons. The van der Waals surface area contributed by atoms with Gasteiger partial charge in [-0.15, -0.1) is 0 Å². The zero-order valence-electron chi connectivity index (χ0n) is 19.6. The highest BCUT2D eigenvalue weighted by atomic mass is 79.9. The summed E-state index contributed by atoms with van der Waals surface area (Å²) in [7, 11) is -2.86. The van der Waals surface area contributed by atoms with Crippen molar-refractivity contribution in [1.82, 2.24) is 4.31 Å². The molecule has 0 saturated carbocycles. The van der Waals surface area contributed by atoms with E-state index in [1.54, 1.807) is 26.0 Å². The standard InChI is InChI=1S/C24H28BrNO8S/c1-24(2)33-22-19(12-21(28)31-3)26(13-20(27)23(22)34-24)35(29,30)18-10-8-17(9-11-18)32-14-15-4-6-16(25)7-5-15/h4-11,19-20,22-23,27H,12-14H2,1-3H3/t19-,20-,22+,23-/m1/s1. The first-order valence-electron chi connectivity index (χ1n) is 11.1. The Balaban J connectivity index is 1.55. The van der Waals surface area contributed by atoms with E-state index in [2.05, 4.69) is 15.9 Å². The minimum Gasteiger partial charge on any atom is -0.489 e. The SMILES string of the molecule is COC(=O)C[C@@H]1[C@@H]2OC(C)(C)O[C@@H]2[C@H](O)CN1S(=O)(=O)c1ccc(OCc2ccc(Br)cc2)cc1. The number of piperidine rings is 1. The topological polar surface area (TPSA) is 112 Å². The summed E-state index contributed by atoms with van der Waals surface area (Å²) in [5.74, 6) is -1.11. The number of nitrogens with zero attached hydrogens (tertiary/aromatic N) is 1. The molecule has 2 aromatic rings. The molecule has 2 fully saturated rings. The van der Waals surface area contributed by atoms with Gasteiger partial charge >= 0.3 is 5.97 Å². The minimum atomic E-state index is -4.09. The molecule has 0 spiro atoms. The molecule has 0 bridgehead atoms. The van der Waals surface area contributed by atoms with Crippen molar-refractivity contribution in [2.24, 2.45) is 0 Å². The van der Waals surface area contributed by atoms with Crippen LogP contribution in [0, 0.1) is 0 Å². The Bertz CT molecular complexity index is 1150. The van der Waals surface area contributed by atoms with Crippen LogP contribution in [-0.4, -0.2) is 67.6 Å². The monoisotopic (exact) mass is 569 g/mol. The molecule has 0 amide bonds. The average Bonchev–Trinajstić information content (AvgIpc) is 3.16. The summed E-state index contributed by atoms with van der Waals surface area (Å²) < 4.78 is 51.6. The van der Waals surface area contributed by atoms with Crippen molar-refractivity contribution < 1.29 is 37.3 Å². The lowest BCUT2D eigenvalue weighted by Gasteiger charge is -2.42. The predicted octanol–water partition coefficient (Wildman–Crippen LogP) is 2.85. The molecule has 2 saturated heterocycles. The lowest BCUT2D eigenvalue weighted by atomic mass is 9.94. The summed E-state index contributed by atoms with van der Waals surface area (Å²) in [5, 5.41) is 10.7. The zero-order valence-corrected chi connectivity index (χ0v) is 22.0. The molecule has 4 atom stereocenters. The van der Waals surface area contributed by atoms with Gasteiger partial charge in [-0.3, -0.25) is 4.79 Å².